The van der Waals surface area contributed by atoms with E-state index in [-0.39, 0.29) is 18.0 Å². The van der Waals surface area contributed by atoms with Gasteiger partial charge < -0.3 is 9.47 Å². The SMILES string of the molecule is CC1CCC(C)N1C(=O)CCC1(c2ccc(C#N)cc2)c2cc(C#N)ccc2-c2nccn21. The summed E-state index contributed by atoms with van der Waals surface area (Å²) >= 11 is 0. The molecule has 6 nitrogen and oxygen atoms in total. The molecule has 2 aliphatic heterocycles. The third kappa shape index (κ3) is 3.14. The summed E-state index contributed by atoms with van der Waals surface area (Å²) in [5.41, 5.74) is 3.41. The Morgan fingerprint density at radius 1 is 1.06 bits per heavy atom. The maximum Gasteiger partial charge on any atom is 0.223 e. The Labute approximate surface area is 193 Å². The standard InChI is InChI=1S/C27H25N5O/c1-18-3-4-19(2)32(18)25(33)11-12-27(22-8-5-20(16-28)6-9-22)24-15-21(17-29)7-10-23(24)26-30-13-14-31(26)27/h5-10,13-15,18-19H,3-4,11-12H2,1-2H3. The molecule has 3 heterocycles. The van der Waals surface area contributed by atoms with Crippen LogP contribution >= 0.6 is 0 Å². The molecule has 0 saturated carbocycles. The molecule has 3 aromatic rings. The highest BCUT2D eigenvalue weighted by molar-refractivity contribution is 5.78. The molecule has 1 saturated heterocycles. The summed E-state index contributed by atoms with van der Waals surface area (Å²) in [5, 5.41) is 18.9. The molecule has 2 aliphatic rings. The van der Waals surface area contributed by atoms with Gasteiger partial charge in [0.05, 0.1) is 28.8 Å². The summed E-state index contributed by atoms with van der Waals surface area (Å²) in [5.74, 6) is 0.987. The van der Waals surface area contributed by atoms with E-state index in [1.807, 2.05) is 53.6 Å². The van der Waals surface area contributed by atoms with Gasteiger partial charge in [-0.05, 0) is 74.6 Å². The van der Waals surface area contributed by atoms with Crippen LogP contribution in [-0.4, -0.2) is 32.4 Å². The van der Waals surface area contributed by atoms with E-state index in [4.69, 9.17) is 0 Å². The van der Waals surface area contributed by atoms with Gasteiger partial charge in [0.1, 0.15) is 5.82 Å². The smallest absolute Gasteiger partial charge is 0.223 e. The van der Waals surface area contributed by atoms with Crippen LogP contribution in [0.3, 0.4) is 0 Å². The Bertz CT molecular complexity index is 1300. The van der Waals surface area contributed by atoms with E-state index < -0.39 is 5.54 Å². The molecule has 0 N–H and O–H groups in total. The number of hydrogen-bond donors (Lipinski definition) is 0. The number of hydrogen-bond acceptors (Lipinski definition) is 4. The van der Waals surface area contributed by atoms with Crippen molar-refractivity contribution in [2.24, 2.45) is 0 Å². The number of carbonyl (C=O) groups is 1. The van der Waals surface area contributed by atoms with Gasteiger partial charge in [-0.15, -0.1) is 0 Å². The van der Waals surface area contributed by atoms with E-state index in [0.717, 1.165) is 35.4 Å². The second-order valence-electron chi connectivity index (χ2n) is 9.12. The Balaban J connectivity index is 1.64. The molecule has 33 heavy (non-hydrogen) atoms. The zero-order valence-corrected chi connectivity index (χ0v) is 18.8. The Kier molecular flexibility index (Phi) is 5.02. The molecule has 5 rings (SSSR count). The van der Waals surface area contributed by atoms with Gasteiger partial charge in [0.2, 0.25) is 5.91 Å². The van der Waals surface area contributed by atoms with Crippen molar-refractivity contribution < 1.29 is 4.79 Å². The largest absolute Gasteiger partial charge is 0.337 e. The van der Waals surface area contributed by atoms with E-state index in [9.17, 15) is 15.3 Å². The number of rotatable bonds is 4. The first-order valence-electron chi connectivity index (χ1n) is 11.4. The molecule has 2 aromatic carbocycles. The number of aromatic nitrogens is 2. The number of fused-ring (bicyclic) bond motifs is 3. The highest BCUT2D eigenvalue weighted by Crippen LogP contribution is 2.50. The molecule has 1 fully saturated rings. The van der Waals surface area contributed by atoms with Gasteiger partial charge in [-0.3, -0.25) is 4.79 Å². The first-order chi connectivity index (χ1) is 16.0. The van der Waals surface area contributed by atoms with E-state index in [1.54, 1.807) is 6.20 Å². The van der Waals surface area contributed by atoms with Gasteiger partial charge in [-0.2, -0.15) is 10.5 Å². The predicted molar refractivity (Wildman–Crippen MR) is 124 cm³/mol. The molecule has 6 heteroatoms. The van der Waals surface area contributed by atoms with Crippen molar-refractivity contribution in [1.82, 2.24) is 14.5 Å². The van der Waals surface area contributed by atoms with Gasteiger partial charge in [-0.1, -0.05) is 12.1 Å². The summed E-state index contributed by atoms with van der Waals surface area (Å²) < 4.78 is 2.13. The second-order valence-corrected chi connectivity index (χ2v) is 9.12. The molecule has 0 radical (unpaired) electrons. The van der Waals surface area contributed by atoms with Crippen LogP contribution in [0.1, 0.15) is 61.8 Å². The van der Waals surface area contributed by atoms with Gasteiger partial charge in [-0.25, -0.2) is 4.98 Å². The summed E-state index contributed by atoms with van der Waals surface area (Å²) in [6.07, 6.45) is 6.72. The van der Waals surface area contributed by atoms with Crippen LogP contribution in [0.2, 0.25) is 0 Å². The topological polar surface area (TPSA) is 85.7 Å². The minimum atomic E-state index is -0.677. The monoisotopic (exact) mass is 435 g/mol. The quantitative estimate of drug-likeness (QED) is 0.600. The average Bonchev–Trinajstić information content (AvgIpc) is 3.52. The van der Waals surface area contributed by atoms with Gasteiger partial charge in [0.25, 0.3) is 0 Å². The summed E-state index contributed by atoms with van der Waals surface area (Å²) in [6, 6.07) is 18.2. The molecule has 164 valence electrons. The number of benzene rings is 2. The molecule has 1 aromatic heterocycles. The van der Waals surface area contributed by atoms with Crippen molar-refractivity contribution in [2.45, 2.75) is 57.2 Å². The molecule has 0 bridgehead atoms. The van der Waals surface area contributed by atoms with Crippen LogP contribution in [0.25, 0.3) is 11.4 Å². The van der Waals surface area contributed by atoms with Crippen LogP contribution in [0.15, 0.2) is 54.9 Å². The van der Waals surface area contributed by atoms with Crippen molar-refractivity contribution in [2.75, 3.05) is 0 Å². The highest BCUT2D eigenvalue weighted by Gasteiger charge is 2.46. The predicted octanol–water partition coefficient (Wildman–Crippen LogP) is 4.58. The normalized spacial score (nSPS) is 23.0. The molecule has 1 amide bonds. The second kappa shape index (κ2) is 7.90. The number of nitrogens with zero attached hydrogens (tertiary/aromatic N) is 5. The third-order valence-electron chi connectivity index (χ3n) is 7.32. The Morgan fingerprint density at radius 3 is 2.39 bits per heavy atom. The Morgan fingerprint density at radius 2 is 1.73 bits per heavy atom. The number of nitriles is 2. The maximum atomic E-state index is 13.4. The zero-order valence-electron chi connectivity index (χ0n) is 18.8. The molecule has 0 aliphatic carbocycles. The summed E-state index contributed by atoms with van der Waals surface area (Å²) in [6.45, 7) is 4.24. The van der Waals surface area contributed by atoms with Gasteiger partial charge in [0.15, 0.2) is 0 Å². The Hall–Kier alpha value is -3.90. The first kappa shape index (κ1) is 21.0. The van der Waals surface area contributed by atoms with E-state index >= 15 is 0 Å². The fourth-order valence-electron chi connectivity index (χ4n) is 5.71. The molecular formula is C27H25N5O. The lowest BCUT2D eigenvalue weighted by Gasteiger charge is -2.35. The van der Waals surface area contributed by atoms with Gasteiger partial charge in [0, 0.05) is 36.5 Å². The number of likely N-dealkylation sites (tertiary alicyclic amines) is 1. The van der Waals surface area contributed by atoms with Crippen LogP contribution in [0.4, 0.5) is 0 Å². The van der Waals surface area contributed by atoms with Crippen LogP contribution in [0, 0.1) is 22.7 Å². The lowest BCUT2D eigenvalue weighted by atomic mass is 9.78. The van der Waals surface area contributed by atoms with Crippen molar-refractivity contribution in [3.8, 4) is 23.5 Å². The lowest BCUT2D eigenvalue weighted by molar-refractivity contribution is -0.133. The zero-order chi connectivity index (χ0) is 23.2. The summed E-state index contributed by atoms with van der Waals surface area (Å²) in [4.78, 5) is 20.0. The maximum absolute atomic E-state index is 13.4. The van der Waals surface area contributed by atoms with E-state index in [1.165, 1.54) is 0 Å². The molecule has 3 unspecified atom stereocenters. The number of amides is 1. The van der Waals surface area contributed by atoms with Crippen LogP contribution in [0.5, 0.6) is 0 Å². The lowest BCUT2D eigenvalue weighted by Crippen LogP contribution is -2.40. The minimum Gasteiger partial charge on any atom is -0.337 e. The van der Waals surface area contributed by atoms with Crippen LogP contribution < -0.4 is 0 Å². The van der Waals surface area contributed by atoms with Crippen LogP contribution in [-0.2, 0) is 10.3 Å². The van der Waals surface area contributed by atoms with Gasteiger partial charge >= 0.3 is 0 Å². The van der Waals surface area contributed by atoms with E-state index in [0.29, 0.717) is 24.0 Å². The third-order valence-corrected chi connectivity index (χ3v) is 7.32. The fourth-order valence-corrected chi connectivity index (χ4v) is 5.71. The molecule has 0 spiro atoms. The minimum absolute atomic E-state index is 0.159. The number of carbonyl (C=O) groups excluding carboxylic acids is 1. The van der Waals surface area contributed by atoms with Crippen molar-refractivity contribution in [3.05, 3.63) is 77.1 Å². The van der Waals surface area contributed by atoms with E-state index in [2.05, 4.69) is 35.5 Å². The first-order valence-corrected chi connectivity index (χ1v) is 11.4. The van der Waals surface area contributed by atoms with Crippen molar-refractivity contribution >= 4 is 5.91 Å². The van der Waals surface area contributed by atoms with Crippen molar-refractivity contribution in [1.29, 1.82) is 10.5 Å². The highest BCUT2D eigenvalue weighted by atomic mass is 16.2. The summed E-state index contributed by atoms with van der Waals surface area (Å²) in [7, 11) is 0. The fraction of sp³-hybridized carbons (Fsp3) is 0.333. The molecular weight excluding hydrogens is 410 g/mol. The van der Waals surface area contributed by atoms with Crippen molar-refractivity contribution in [3.63, 3.8) is 0 Å². The number of imidazole rings is 1. The average molecular weight is 436 g/mol. The molecule has 3 atom stereocenters.